The van der Waals surface area contributed by atoms with Gasteiger partial charge in [0, 0.05) is 22.7 Å². The van der Waals surface area contributed by atoms with Crippen LogP contribution < -0.4 is 15.0 Å². The molecule has 0 saturated carbocycles. The van der Waals surface area contributed by atoms with Gasteiger partial charge in [0.05, 0.1) is 12.8 Å². The lowest BCUT2D eigenvalue weighted by molar-refractivity contribution is -0.117. The van der Waals surface area contributed by atoms with Gasteiger partial charge in [-0.25, -0.2) is 0 Å². The molecule has 5 heteroatoms. The van der Waals surface area contributed by atoms with Crippen LogP contribution in [0.1, 0.15) is 17.3 Å². The zero-order valence-electron chi connectivity index (χ0n) is 14.5. The molecule has 0 fully saturated rings. The largest absolute Gasteiger partial charge is 0.497 e. The fourth-order valence-corrected chi connectivity index (χ4v) is 3.39. The Labute approximate surface area is 151 Å². The number of amides is 2. The molecule has 3 aromatic carbocycles. The van der Waals surface area contributed by atoms with E-state index in [2.05, 4.69) is 5.32 Å². The molecular formula is C21H18N2O3. The number of hydrogen-bond acceptors (Lipinski definition) is 3. The van der Waals surface area contributed by atoms with Crippen LogP contribution in [0, 0.1) is 0 Å². The van der Waals surface area contributed by atoms with E-state index < -0.39 is 6.04 Å². The molecule has 0 aliphatic carbocycles. The van der Waals surface area contributed by atoms with Gasteiger partial charge in [-0.3, -0.25) is 14.5 Å². The summed E-state index contributed by atoms with van der Waals surface area (Å²) in [5.74, 6) is 0.256. The molecule has 1 atom stereocenters. The molecule has 0 unspecified atom stereocenters. The highest BCUT2D eigenvalue weighted by Crippen LogP contribution is 2.38. The van der Waals surface area contributed by atoms with Crippen molar-refractivity contribution in [2.24, 2.45) is 0 Å². The van der Waals surface area contributed by atoms with Gasteiger partial charge in [0.2, 0.25) is 5.91 Å². The van der Waals surface area contributed by atoms with E-state index in [1.54, 1.807) is 49.3 Å². The van der Waals surface area contributed by atoms with Gasteiger partial charge in [-0.05, 0) is 36.6 Å². The Morgan fingerprint density at radius 1 is 1.08 bits per heavy atom. The van der Waals surface area contributed by atoms with Gasteiger partial charge in [0.1, 0.15) is 11.8 Å². The topological polar surface area (TPSA) is 58.6 Å². The number of nitrogens with one attached hydrogen (secondary N) is 1. The average molecular weight is 346 g/mol. The van der Waals surface area contributed by atoms with Crippen molar-refractivity contribution >= 4 is 34.0 Å². The Morgan fingerprint density at radius 3 is 2.58 bits per heavy atom. The van der Waals surface area contributed by atoms with E-state index in [1.807, 2.05) is 30.3 Å². The Hall–Kier alpha value is -3.34. The fourth-order valence-electron chi connectivity index (χ4n) is 3.39. The molecule has 1 aliphatic rings. The number of ether oxygens (including phenoxy) is 1. The molecule has 0 saturated heterocycles. The SMILES string of the molecule is COc1cccc(NC(=O)[C@H](C)N2C(=O)c3cccc4cccc2c34)c1. The van der Waals surface area contributed by atoms with Crippen molar-refractivity contribution in [1.82, 2.24) is 0 Å². The van der Waals surface area contributed by atoms with Crippen molar-refractivity contribution in [3.63, 3.8) is 0 Å². The third-order valence-electron chi connectivity index (χ3n) is 4.70. The van der Waals surface area contributed by atoms with Crippen molar-refractivity contribution < 1.29 is 14.3 Å². The Morgan fingerprint density at radius 2 is 1.81 bits per heavy atom. The van der Waals surface area contributed by atoms with E-state index in [0.29, 0.717) is 17.0 Å². The second-order valence-corrected chi connectivity index (χ2v) is 6.25. The van der Waals surface area contributed by atoms with Crippen LogP contribution in [0.2, 0.25) is 0 Å². The summed E-state index contributed by atoms with van der Waals surface area (Å²) in [7, 11) is 1.57. The fraction of sp³-hybridized carbons (Fsp3) is 0.143. The highest BCUT2D eigenvalue weighted by Gasteiger charge is 2.35. The van der Waals surface area contributed by atoms with Crippen LogP contribution in [-0.2, 0) is 4.79 Å². The minimum Gasteiger partial charge on any atom is -0.497 e. The van der Waals surface area contributed by atoms with E-state index >= 15 is 0 Å². The monoisotopic (exact) mass is 346 g/mol. The smallest absolute Gasteiger partial charge is 0.259 e. The number of carbonyl (C=O) groups is 2. The van der Waals surface area contributed by atoms with E-state index in [1.165, 1.54) is 0 Å². The predicted octanol–water partition coefficient (Wildman–Crippen LogP) is 3.84. The summed E-state index contributed by atoms with van der Waals surface area (Å²) in [5.41, 5.74) is 2.04. The Kier molecular flexibility index (Phi) is 3.84. The molecule has 26 heavy (non-hydrogen) atoms. The highest BCUT2D eigenvalue weighted by atomic mass is 16.5. The first-order chi connectivity index (χ1) is 12.6. The quantitative estimate of drug-likeness (QED) is 0.781. The zero-order chi connectivity index (χ0) is 18.3. The molecule has 0 spiro atoms. The lowest BCUT2D eigenvalue weighted by atomic mass is 10.1. The van der Waals surface area contributed by atoms with Crippen molar-refractivity contribution in [3.05, 3.63) is 66.2 Å². The molecule has 0 bridgehead atoms. The number of anilines is 2. The van der Waals surface area contributed by atoms with Gasteiger partial charge in [0.25, 0.3) is 5.91 Å². The first-order valence-corrected chi connectivity index (χ1v) is 8.40. The molecule has 2 amide bonds. The van der Waals surface area contributed by atoms with Crippen LogP contribution >= 0.6 is 0 Å². The summed E-state index contributed by atoms with van der Waals surface area (Å²) in [6.45, 7) is 1.73. The van der Waals surface area contributed by atoms with Crippen LogP contribution in [0.4, 0.5) is 11.4 Å². The number of carbonyl (C=O) groups excluding carboxylic acids is 2. The first-order valence-electron chi connectivity index (χ1n) is 8.40. The molecule has 0 radical (unpaired) electrons. The highest BCUT2D eigenvalue weighted by molar-refractivity contribution is 6.26. The number of methoxy groups -OCH3 is 1. The maximum Gasteiger partial charge on any atom is 0.259 e. The number of rotatable bonds is 4. The van der Waals surface area contributed by atoms with Crippen LogP contribution in [0.5, 0.6) is 5.75 Å². The minimum atomic E-state index is -0.647. The summed E-state index contributed by atoms with van der Waals surface area (Å²) in [6.07, 6.45) is 0. The molecule has 1 N–H and O–H groups in total. The van der Waals surface area contributed by atoms with Crippen LogP contribution in [-0.4, -0.2) is 25.0 Å². The van der Waals surface area contributed by atoms with Gasteiger partial charge in [0.15, 0.2) is 0 Å². The van der Waals surface area contributed by atoms with E-state index in [9.17, 15) is 9.59 Å². The average Bonchev–Trinajstić information content (AvgIpc) is 2.95. The van der Waals surface area contributed by atoms with Crippen molar-refractivity contribution in [1.29, 1.82) is 0 Å². The molecule has 1 aliphatic heterocycles. The zero-order valence-corrected chi connectivity index (χ0v) is 14.5. The van der Waals surface area contributed by atoms with E-state index in [-0.39, 0.29) is 11.8 Å². The lowest BCUT2D eigenvalue weighted by Gasteiger charge is -2.24. The van der Waals surface area contributed by atoms with Crippen LogP contribution in [0.25, 0.3) is 10.8 Å². The second-order valence-electron chi connectivity index (χ2n) is 6.25. The Bertz CT molecular complexity index is 1020. The third-order valence-corrected chi connectivity index (χ3v) is 4.70. The van der Waals surface area contributed by atoms with Crippen LogP contribution in [0.15, 0.2) is 60.7 Å². The minimum absolute atomic E-state index is 0.148. The lowest BCUT2D eigenvalue weighted by Crippen LogP contribution is -2.44. The number of nitrogens with zero attached hydrogens (tertiary/aromatic N) is 1. The molecule has 0 aromatic heterocycles. The van der Waals surface area contributed by atoms with Gasteiger partial charge < -0.3 is 10.1 Å². The van der Waals surface area contributed by atoms with Gasteiger partial charge in [-0.1, -0.05) is 30.3 Å². The maximum absolute atomic E-state index is 12.9. The first kappa shape index (κ1) is 16.1. The third kappa shape index (κ3) is 2.49. The van der Waals surface area contributed by atoms with Crippen molar-refractivity contribution in [3.8, 4) is 5.75 Å². The second kappa shape index (κ2) is 6.19. The van der Waals surface area contributed by atoms with Gasteiger partial charge >= 0.3 is 0 Å². The summed E-state index contributed by atoms with van der Waals surface area (Å²) in [6, 6.07) is 17.9. The maximum atomic E-state index is 12.9. The predicted molar refractivity (Wildman–Crippen MR) is 102 cm³/mol. The van der Waals surface area contributed by atoms with Crippen LogP contribution in [0.3, 0.4) is 0 Å². The summed E-state index contributed by atoms with van der Waals surface area (Å²) >= 11 is 0. The standard InChI is InChI=1S/C21H18N2O3/c1-13(20(24)22-15-8-5-9-16(12-15)26-2)23-18-11-4-7-14-6-3-10-17(19(14)18)21(23)25/h3-13H,1-2H3,(H,22,24)/t13-/m0/s1. The molecule has 4 rings (SSSR count). The van der Waals surface area contributed by atoms with Gasteiger partial charge in [-0.2, -0.15) is 0 Å². The van der Waals surface area contributed by atoms with E-state index in [0.717, 1.165) is 16.5 Å². The molecule has 1 heterocycles. The van der Waals surface area contributed by atoms with Crippen molar-refractivity contribution in [2.45, 2.75) is 13.0 Å². The summed E-state index contributed by atoms with van der Waals surface area (Å²) in [4.78, 5) is 27.2. The molecule has 5 nitrogen and oxygen atoms in total. The molecule has 3 aromatic rings. The van der Waals surface area contributed by atoms with Gasteiger partial charge in [-0.15, -0.1) is 0 Å². The number of hydrogen-bond donors (Lipinski definition) is 1. The van der Waals surface area contributed by atoms with E-state index in [4.69, 9.17) is 4.74 Å². The normalized spacial score (nSPS) is 13.8. The van der Waals surface area contributed by atoms with Crippen molar-refractivity contribution in [2.75, 3.05) is 17.3 Å². The molecule has 130 valence electrons. The number of benzene rings is 3. The summed E-state index contributed by atoms with van der Waals surface area (Å²) in [5, 5.41) is 4.76. The Balaban J connectivity index is 1.64. The molecular weight excluding hydrogens is 328 g/mol. The summed E-state index contributed by atoms with van der Waals surface area (Å²) < 4.78 is 5.18.